The number of benzene rings is 1. The molecule has 28 heavy (non-hydrogen) atoms. The van der Waals surface area contributed by atoms with E-state index < -0.39 is 12.1 Å². The van der Waals surface area contributed by atoms with Crippen LogP contribution in [0.25, 0.3) is 0 Å². The number of carbonyl (C=O) groups is 1. The van der Waals surface area contributed by atoms with Gasteiger partial charge in [0.25, 0.3) is 0 Å². The van der Waals surface area contributed by atoms with Gasteiger partial charge in [-0.3, -0.25) is 0 Å². The predicted molar refractivity (Wildman–Crippen MR) is 111 cm³/mol. The van der Waals surface area contributed by atoms with Crippen LogP contribution < -0.4 is 4.74 Å². The van der Waals surface area contributed by atoms with Crippen molar-refractivity contribution in [3.05, 3.63) is 53.3 Å². The number of carboxylic acids is 1. The van der Waals surface area contributed by atoms with Gasteiger partial charge in [0, 0.05) is 24.4 Å². The Kier molecular flexibility index (Phi) is 7.69. The molecule has 5 heteroatoms. The normalized spacial score (nSPS) is 13.7. The summed E-state index contributed by atoms with van der Waals surface area (Å²) in [7, 11) is 0. The van der Waals surface area contributed by atoms with E-state index in [9.17, 15) is 9.90 Å². The van der Waals surface area contributed by atoms with Crippen LogP contribution in [0.2, 0.25) is 0 Å². The number of aromatic nitrogens is 1. The van der Waals surface area contributed by atoms with Crippen molar-refractivity contribution in [3.63, 3.8) is 0 Å². The first-order valence-electron chi connectivity index (χ1n) is 10.1. The van der Waals surface area contributed by atoms with Crippen LogP contribution in [0.3, 0.4) is 0 Å². The minimum atomic E-state index is -0.939. The number of hydrogen-bond donors (Lipinski definition) is 1. The van der Waals surface area contributed by atoms with Gasteiger partial charge < -0.3 is 19.1 Å². The Morgan fingerprint density at radius 2 is 1.50 bits per heavy atom. The van der Waals surface area contributed by atoms with Crippen molar-refractivity contribution in [3.8, 4) is 5.75 Å². The highest BCUT2D eigenvalue weighted by Gasteiger charge is 2.20. The molecular formula is C23H33NO4. The van der Waals surface area contributed by atoms with Crippen LogP contribution in [0, 0.1) is 0 Å². The fourth-order valence-electron chi connectivity index (χ4n) is 3.43. The molecule has 0 aliphatic heterocycles. The zero-order valence-electron chi connectivity index (χ0n) is 17.8. The third-order valence-corrected chi connectivity index (χ3v) is 4.82. The average molecular weight is 388 g/mol. The zero-order valence-corrected chi connectivity index (χ0v) is 17.8. The van der Waals surface area contributed by atoms with Gasteiger partial charge in [-0.05, 0) is 55.5 Å². The summed E-state index contributed by atoms with van der Waals surface area (Å²) in [6.07, 6.45) is -0.616. The Morgan fingerprint density at radius 3 is 1.93 bits per heavy atom. The van der Waals surface area contributed by atoms with Crippen molar-refractivity contribution >= 4 is 5.97 Å². The summed E-state index contributed by atoms with van der Waals surface area (Å²) in [5.41, 5.74) is 3.43. The van der Waals surface area contributed by atoms with Crippen LogP contribution in [0.4, 0.5) is 0 Å². The standard InChI is InChI=1S/C23H33NO4/c1-7-27-22(23(25)26)14-18-8-10-19(11-9-18)28-17(6)24-20(15(2)3)12-13-21(24)16(4)5/h8-13,15-17,22H,7,14H2,1-6H3,(H,25,26). The van der Waals surface area contributed by atoms with Gasteiger partial charge in [-0.25, -0.2) is 4.79 Å². The highest BCUT2D eigenvalue weighted by molar-refractivity contribution is 5.72. The molecule has 0 bridgehead atoms. The summed E-state index contributed by atoms with van der Waals surface area (Å²) < 4.78 is 13.8. The fourth-order valence-corrected chi connectivity index (χ4v) is 3.43. The van der Waals surface area contributed by atoms with E-state index in [0.717, 1.165) is 11.3 Å². The first kappa shape index (κ1) is 22.0. The smallest absolute Gasteiger partial charge is 0.333 e. The molecular weight excluding hydrogens is 354 g/mol. The van der Waals surface area contributed by atoms with Gasteiger partial charge in [-0.15, -0.1) is 0 Å². The van der Waals surface area contributed by atoms with Crippen molar-refractivity contribution in [2.45, 2.75) is 72.1 Å². The van der Waals surface area contributed by atoms with E-state index in [4.69, 9.17) is 9.47 Å². The molecule has 2 rings (SSSR count). The third kappa shape index (κ3) is 5.38. The number of nitrogens with zero attached hydrogens (tertiary/aromatic N) is 1. The molecule has 2 unspecified atom stereocenters. The quantitative estimate of drug-likeness (QED) is 0.596. The van der Waals surface area contributed by atoms with E-state index in [-0.39, 0.29) is 6.23 Å². The number of ether oxygens (including phenoxy) is 2. The lowest BCUT2D eigenvalue weighted by Gasteiger charge is -2.25. The molecule has 0 radical (unpaired) electrons. The molecule has 0 aliphatic rings. The van der Waals surface area contributed by atoms with E-state index >= 15 is 0 Å². The van der Waals surface area contributed by atoms with Gasteiger partial charge in [-0.2, -0.15) is 0 Å². The Hall–Kier alpha value is -2.27. The lowest BCUT2D eigenvalue weighted by molar-refractivity contribution is -0.149. The van der Waals surface area contributed by atoms with E-state index in [0.29, 0.717) is 24.9 Å². The summed E-state index contributed by atoms with van der Waals surface area (Å²) in [4.78, 5) is 11.3. The maximum Gasteiger partial charge on any atom is 0.333 e. The molecule has 0 fully saturated rings. The van der Waals surface area contributed by atoms with Crippen LogP contribution in [0.15, 0.2) is 36.4 Å². The number of carboxylic acid groups (broad SMARTS) is 1. The Labute approximate surface area is 168 Å². The Bertz CT molecular complexity index is 736. The van der Waals surface area contributed by atoms with Crippen LogP contribution in [-0.2, 0) is 16.0 Å². The lowest BCUT2D eigenvalue weighted by Crippen LogP contribution is -2.26. The minimum absolute atomic E-state index is 0.133. The molecule has 1 heterocycles. The largest absolute Gasteiger partial charge is 0.479 e. The SMILES string of the molecule is CCOC(Cc1ccc(OC(C)n2c(C(C)C)ccc2C(C)C)cc1)C(=O)O. The van der Waals surface area contributed by atoms with Gasteiger partial charge in [0.15, 0.2) is 12.3 Å². The van der Waals surface area contributed by atoms with Gasteiger partial charge in [0.05, 0.1) is 0 Å². The second-order valence-corrected chi connectivity index (χ2v) is 7.71. The van der Waals surface area contributed by atoms with E-state index in [1.54, 1.807) is 6.92 Å². The van der Waals surface area contributed by atoms with Crippen molar-refractivity contribution in [2.24, 2.45) is 0 Å². The monoisotopic (exact) mass is 387 g/mol. The second-order valence-electron chi connectivity index (χ2n) is 7.71. The summed E-state index contributed by atoms with van der Waals surface area (Å²) in [5.74, 6) is 0.642. The molecule has 1 aromatic carbocycles. The van der Waals surface area contributed by atoms with E-state index in [2.05, 4.69) is 51.3 Å². The van der Waals surface area contributed by atoms with Crippen molar-refractivity contribution < 1.29 is 19.4 Å². The van der Waals surface area contributed by atoms with Gasteiger partial charge in [0.1, 0.15) is 5.75 Å². The summed E-state index contributed by atoms with van der Waals surface area (Å²) in [6, 6.07) is 12.0. The number of rotatable bonds is 10. The minimum Gasteiger partial charge on any atom is -0.479 e. The molecule has 2 atom stereocenters. The molecule has 1 N–H and O–H groups in total. The molecule has 0 saturated heterocycles. The Balaban J connectivity index is 2.14. The molecule has 0 amide bonds. The summed E-state index contributed by atoms with van der Waals surface area (Å²) >= 11 is 0. The number of hydrogen-bond acceptors (Lipinski definition) is 3. The highest BCUT2D eigenvalue weighted by atomic mass is 16.5. The van der Waals surface area contributed by atoms with Gasteiger partial charge >= 0.3 is 5.97 Å². The maximum atomic E-state index is 11.3. The van der Waals surface area contributed by atoms with Crippen molar-refractivity contribution in [1.29, 1.82) is 0 Å². The van der Waals surface area contributed by atoms with Crippen LogP contribution in [0.5, 0.6) is 5.75 Å². The molecule has 0 saturated carbocycles. The van der Waals surface area contributed by atoms with E-state index in [1.807, 2.05) is 24.3 Å². The predicted octanol–water partition coefficient (Wildman–Crippen LogP) is 5.36. The highest BCUT2D eigenvalue weighted by Crippen LogP contribution is 2.29. The second kappa shape index (κ2) is 9.78. The Morgan fingerprint density at radius 1 is 0.964 bits per heavy atom. The first-order chi connectivity index (χ1) is 13.2. The molecule has 2 aromatic rings. The zero-order chi connectivity index (χ0) is 20.8. The van der Waals surface area contributed by atoms with Crippen LogP contribution in [0.1, 0.15) is 76.6 Å². The maximum absolute atomic E-state index is 11.3. The molecule has 1 aromatic heterocycles. The summed E-state index contributed by atoms with van der Waals surface area (Å²) in [6.45, 7) is 13.0. The fraction of sp³-hybridized carbons (Fsp3) is 0.522. The van der Waals surface area contributed by atoms with Crippen molar-refractivity contribution in [2.75, 3.05) is 6.61 Å². The average Bonchev–Trinajstić information content (AvgIpc) is 3.08. The van der Waals surface area contributed by atoms with Crippen molar-refractivity contribution in [1.82, 2.24) is 4.57 Å². The first-order valence-corrected chi connectivity index (χ1v) is 10.1. The van der Waals surface area contributed by atoms with E-state index in [1.165, 1.54) is 11.4 Å². The van der Waals surface area contributed by atoms with Gasteiger partial charge in [-0.1, -0.05) is 39.8 Å². The third-order valence-electron chi connectivity index (χ3n) is 4.82. The topological polar surface area (TPSA) is 60.7 Å². The van der Waals surface area contributed by atoms with Crippen LogP contribution >= 0.6 is 0 Å². The van der Waals surface area contributed by atoms with Gasteiger partial charge in [0.2, 0.25) is 0 Å². The molecule has 5 nitrogen and oxygen atoms in total. The molecule has 0 spiro atoms. The summed E-state index contributed by atoms with van der Waals surface area (Å²) in [5, 5.41) is 9.23. The molecule has 0 aliphatic carbocycles. The lowest BCUT2D eigenvalue weighted by atomic mass is 10.1. The van der Waals surface area contributed by atoms with Crippen LogP contribution in [-0.4, -0.2) is 28.4 Å². The number of aliphatic carboxylic acids is 1. The molecule has 154 valence electrons.